The Morgan fingerprint density at radius 2 is 1.92 bits per heavy atom. The quantitative estimate of drug-likeness (QED) is 0.588. The van der Waals surface area contributed by atoms with Gasteiger partial charge < -0.3 is 4.74 Å². The summed E-state index contributed by atoms with van der Waals surface area (Å²) < 4.78 is 5.21. The molecule has 1 heteroatoms. The molecule has 0 unspecified atom stereocenters. The number of hydrogen-bond donors (Lipinski definition) is 0. The third kappa shape index (κ3) is 11.2. The Hall–Kier alpha value is -0.820. The van der Waals surface area contributed by atoms with Crippen LogP contribution in [-0.4, -0.2) is 13.2 Å². The Labute approximate surface area is 82.8 Å². The molecule has 0 fully saturated rings. The van der Waals surface area contributed by atoms with Crippen molar-refractivity contribution in [3.8, 4) is 0 Å². The molecule has 0 saturated heterocycles. The van der Waals surface area contributed by atoms with Crippen LogP contribution in [0.4, 0.5) is 0 Å². The number of hydrogen-bond acceptors (Lipinski definition) is 1. The molecule has 76 valence electrons. The third-order valence-electron chi connectivity index (χ3n) is 1.17. The topological polar surface area (TPSA) is 9.23 Å². The number of ether oxygens (including phenoxy) is 1. The predicted molar refractivity (Wildman–Crippen MR) is 60.9 cm³/mol. The summed E-state index contributed by atoms with van der Waals surface area (Å²) in [5.41, 5.74) is 2.11. The summed E-state index contributed by atoms with van der Waals surface area (Å²) in [7, 11) is 0. The van der Waals surface area contributed by atoms with Crippen molar-refractivity contribution in [3.63, 3.8) is 0 Å². The summed E-state index contributed by atoms with van der Waals surface area (Å²) in [6.45, 7) is 16.7. The molecule has 0 aromatic rings. The van der Waals surface area contributed by atoms with Gasteiger partial charge in [0.25, 0.3) is 0 Å². The lowest BCUT2D eigenvalue weighted by molar-refractivity contribution is 0.173. The second kappa shape index (κ2) is 11.2. The summed E-state index contributed by atoms with van der Waals surface area (Å²) in [5, 5.41) is 0. The van der Waals surface area contributed by atoms with Gasteiger partial charge in [-0.05, 0) is 19.4 Å². The van der Waals surface area contributed by atoms with E-state index >= 15 is 0 Å². The Bertz CT molecular complexity index is 166. The standard InChI is InChI=1S/C10H16O.C2H6/c1-5-10(7-9(3)4)8-11-6-2;1-2/h5,7H,1,3,6,8H2,2,4H3;1-2H3/b10-7+;. The zero-order valence-corrected chi connectivity index (χ0v) is 9.39. The molecule has 0 rings (SSSR count). The fourth-order valence-electron chi connectivity index (χ4n) is 0.696. The Balaban J connectivity index is 0. The van der Waals surface area contributed by atoms with Gasteiger partial charge in [0, 0.05) is 6.61 Å². The van der Waals surface area contributed by atoms with Gasteiger partial charge in [0.1, 0.15) is 0 Å². The van der Waals surface area contributed by atoms with Gasteiger partial charge in [-0.15, -0.1) is 0 Å². The lowest BCUT2D eigenvalue weighted by Crippen LogP contribution is -1.95. The largest absolute Gasteiger partial charge is 0.377 e. The van der Waals surface area contributed by atoms with Crippen molar-refractivity contribution in [2.45, 2.75) is 27.7 Å². The van der Waals surface area contributed by atoms with E-state index in [1.54, 1.807) is 6.08 Å². The van der Waals surface area contributed by atoms with Crippen LogP contribution in [0.25, 0.3) is 0 Å². The van der Waals surface area contributed by atoms with Crippen LogP contribution in [0.2, 0.25) is 0 Å². The molecule has 0 heterocycles. The summed E-state index contributed by atoms with van der Waals surface area (Å²) in [4.78, 5) is 0. The maximum Gasteiger partial charge on any atom is 0.0716 e. The van der Waals surface area contributed by atoms with Gasteiger partial charge in [-0.1, -0.05) is 44.7 Å². The fourth-order valence-corrected chi connectivity index (χ4v) is 0.696. The van der Waals surface area contributed by atoms with E-state index in [0.29, 0.717) is 6.61 Å². The van der Waals surface area contributed by atoms with Gasteiger partial charge in [-0.3, -0.25) is 0 Å². The minimum absolute atomic E-state index is 0.632. The third-order valence-corrected chi connectivity index (χ3v) is 1.17. The number of allylic oxidation sites excluding steroid dienone is 2. The first kappa shape index (κ1) is 14.7. The summed E-state index contributed by atoms with van der Waals surface area (Å²) >= 11 is 0. The maximum absolute atomic E-state index is 5.21. The van der Waals surface area contributed by atoms with E-state index in [1.807, 2.05) is 33.8 Å². The molecule has 0 amide bonds. The maximum atomic E-state index is 5.21. The summed E-state index contributed by atoms with van der Waals surface area (Å²) in [6.07, 6.45) is 3.77. The van der Waals surface area contributed by atoms with Crippen LogP contribution in [0.3, 0.4) is 0 Å². The van der Waals surface area contributed by atoms with E-state index in [2.05, 4.69) is 13.2 Å². The highest BCUT2D eigenvalue weighted by Gasteiger charge is 1.89. The fraction of sp³-hybridized carbons (Fsp3) is 0.500. The van der Waals surface area contributed by atoms with Gasteiger partial charge in [0.05, 0.1) is 6.61 Å². The molecule has 0 aliphatic carbocycles. The molecule has 0 aliphatic rings. The SMILES string of the molecule is C=C/C(=C\C(=C)C)COCC.CC. The molecule has 1 nitrogen and oxygen atoms in total. The predicted octanol–water partition coefficient (Wildman–Crippen LogP) is 3.74. The number of rotatable bonds is 5. The Kier molecular flexibility index (Phi) is 12.6. The molecule has 0 atom stereocenters. The first-order valence-corrected chi connectivity index (χ1v) is 4.77. The summed E-state index contributed by atoms with van der Waals surface area (Å²) in [5.74, 6) is 0. The lowest BCUT2D eigenvalue weighted by Gasteiger charge is -2.01. The van der Waals surface area contributed by atoms with Crippen molar-refractivity contribution in [1.29, 1.82) is 0 Å². The van der Waals surface area contributed by atoms with E-state index in [-0.39, 0.29) is 0 Å². The van der Waals surface area contributed by atoms with Gasteiger partial charge in [0.15, 0.2) is 0 Å². The van der Waals surface area contributed by atoms with Crippen LogP contribution >= 0.6 is 0 Å². The average Bonchev–Trinajstić information content (AvgIpc) is 2.15. The summed E-state index contributed by atoms with van der Waals surface area (Å²) in [6, 6.07) is 0. The van der Waals surface area contributed by atoms with E-state index in [9.17, 15) is 0 Å². The van der Waals surface area contributed by atoms with Gasteiger partial charge >= 0.3 is 0 Å². The molecule has 0 aromatic carbocycles. The van der Waals surface area contributed by atoms with Crippen molar-refractivity contribution in [1.82, 2.24) is 0 Å². The first-order valence-electron chi connectivity index (χ1n) is 4.77. The van der Waals surface area contributed by atoms with E-state index in [0.717, 1.165) is 17.8 Å². The van der Waals surface area contributed by atoms with Crippen molar-refractivity contribution < 1.29 is 4.74 Å². The van der Waals surface area contributed by atoms with Gasteiger partial charge in [-0.2, -0.15) is 0 Å². The molecule has 0 bridgehead atoms. The zero-order valence-electron chi connectivity index (χ0n) is 9.39. The van der Waals surface area contributed by atoms with Crippen LogP contribution < -0.4 is 0 Å². The molecule has 0 spiro atoms. The van der Waals surface area contributed by atoms with Crippen LogP contribution in [0.1, 0.15) is 27.7 Å². The van der Waals surface area contributed by atoms with Crippen LogP contribution in [-0.2, 0) is 4.74 Å². The zero-order chi connectivity index (χ0) is 10.7. The van der Waals surface area contributed by atoms with E-state index in [1.165, 1.54) is 0 Å². The first-order chi connectivity index (χ1) is 6.20. The molecule has 0 saturated carbocycles. The molecule has 0 aromatic heterocycles. The van der Waals surface area contributed by atoms with E-state index < -0.39 is 0 Å². The molecular formula is C12H22O. The lowest BCUT2D eigenvalue weighted by atomic mass is 10.2. The second-order valence-electron chi connectivity index (χ2n) is 2.41. The monoisotopic (exact) mass is 182 g/mol. The van der Waals surface area contributed by atoms with Crippen LogP contribution in [0.15, 0.2) is 36.5 Å². The Morgan fingerprint density at radius 3 is 2.23 bits per heavy atom. The Morgan fingerprint density at radius 1 is 1.38 bits per heavy atom. The van der Waals surface area contributed by atoms with Crippen molar-refractivity contribution in [3.05, 3.63) is 36.5 Å². The second-order valence-corrected chi connectivity index (χ2v) is 2.41. The minimum atomic E-state index is 0.632. The smallest absolute Gasteiger partial charge is 0.0716 e. The van der Waals surface area contributed by atoms with E-state index in [4.69, 9.17) is 4.74 Å². The van der Waals surface area contributed by atoms with Crippen molar-refractivity contribution in [2.24, 2.45) is 0 Å². The molecule has 0 radical (unpaired) electrons. The highest BCUT2D eigenvalue weighted by atomic mass is 16.5. The molecular weight excluding hydrogens is 160 g/mol. The van der Waals surface area contributed by atoms with Crippen molar-refractivity contribution >= 4 is 0 Å². The van der Waals surface area contributed by atoms with Crippen molar-refractivity contribution in [2.75, 3.05) is 13.2 Å². The molecule has 0 aliphatic heterocycles. The van der Waals surface area contributed by atoms with Gasteiger partial charge in [0.2, 0.25) is 0 Å². The highest BCUT2D eigenvalue weighted by molar-refractivity contribution is 5.26. The molecule has 13 heavy (non-hydrogen) atoms. The molecule has 0 N–H and O–H groups in total. The van der Waals surface area contributed by atoms with Gasteiger partial charge in [-0.25, -0.2) is 0 Å². The van der Waals surface area contributed by atoms with Crippen LogP contribution in [0.5, 0.6) is 0 Å². The average molecular weight is 182 g/mol. The van der Waals surface area contributed by atoms with Crippen LogP contribution in [0, 0.1) is 0 Å². The normalized spacial score (nSPS) is 10.0. The highest BCUT2D eigenvalue weighted by Crippen LogP contribution is 2.01. The minimum Gasteiger partial charge on any atom is -0.377 e.